The van der Waals surface area contributed by atoms with E-state index < -0.39 is 5.60 Å². The minimum atomic E-state index is -0.514. The highest BCUT2D eigenvalue weighted by atomic mass is 16.3. The molecule has 6 fully saturated rings. The van der Waals surface area contributed by atoms with E-state index in [1.807, 2.05) is 6.92 Å². The van der Waals surface area contributed by atoms with E-state index in [0.29, 0.717) is 36.1 Å². The van der Waals surface area contributed by atoms with E-state index in [1.54, 1.807) is 0 Å². The summed E-state index contributed by atoms with van der Waals surface area (Å²) < 4.78 is 0. The molecule has 12 atom stereocenters. The normalized spacial score (nSPS) is 54.6. The summed E-state index contributed by atoms with van der Waals surface area (Å²) in [6, 6.07) is 0.397. The lowest BCUT2D eigenvalue weighted by atomic mass is 9.49. The van der Waals surface area contributed by atoms with Crippen molar-refractivity contribution in [3.63, 3.8) is 0 Å². The molecule has 6 aliphatic rings. The van der Waals surface area contributed by atoms with Gasteiger partial charge in [0.2, 0.25) is 0 Å². The Morgan fingerprint density at radius 2 is 1.71 bits per heavy atom. The number of nitrogens with one attached hydrogen (secondary N) is 1. The molecule has 0 spiro atoms. The van der Waals surface area contributed by atoms with Crippen molar-refractivity contribution in [3.8, 4) is 0 Å². The van der Waals surface area contributed by atoms with Gasteiger partial charge in [0.1, 0.15) is 5.78 Å². The van der Waals surface area contributed by atoms with Crippen molar-refractivity contribution in [1.29, 1.82) is 0 Å². The first-order valence-corrected chi connectivity index (χ1v) is 15.2. The third-order valence-electron chi connectivity index (χ3n) is 12.7. The predicted octanol–water partition coefficient (Wildman–Crippen LogP) is 6.38. The van der Waals surface area contributed by atoms with Gasteiger partial charge in [-0.25, -0.2) is 0 Å². The molecule has 0 radical (unpaired) electrons. The number of carbonyl (C=O) groups excluding carboxylic acids is 1. The van der Waals surface area contributed by atoms with E-state index in [-0.39, 0.29) is 11.3 Å². The summed E-state index contributed by atoms with van der Waals surface area (Å²) in [4.78, 5) is 13.7. The lowest BCUT2D eigenvalue weighted by molar-refractivity contribution is -0.130. The average molecular weight is 470 g/mol. The zero-order chi connectivity index (χ0) is 23.7. The van der Waals surface area contributed by atoms with Crippen molar-refractivity contribution in [2.45, 2.75) is 122 Å². The minimum absolute atomic E-state index is 0.249. The molecule has 0 aliphatic heterocycles. The first-order chi connectivity index (χ1) is 16.2. The molecule has 3 heteroatoms. The van der Waals surface area contributed by atoms with Gasteiger partial charge in [-0.3, -0.25) is 4.79 Å². The Hall–Kier alpha value is -0.410. The van der Waals surface area contributed by atoms with E-state index in [4.69, 9.17) is 0 Å². The fraction of sp³-hybridized carbons (Fsp3) is 0.968. The summed E-state index contributed by atoms with van der Waals surface area (Å²) in [6.45, 7) is 7.48. The first kappa shape index (κ1) is 24.0. The standard InChI is InChI=1S/C31H51NO2/c1-19-14-20-15-22(17-30(2,34)16-20)29(19)32-18-28(33)27-11-10-26-25-9-8-21-6-4-5-7-23(21)24(25)12-13-31(26,27)3/h19-27,29,32,34H,4-18H2,1-3H3. The van der Waals surface area contributed by atoms with Crippen LogP contribution in [0, 0.1) is 58.7 Å². The maximum absolute atomic E-state index is 13.7. The van der Waals surface area contributed by atoms with Gasteiger partial charge in [0, 0.05) is 12.0 Å². The van der Waals surface area contributed by atoms with E-state index in [2.05, 4.69) is 19.2 Å². The quantitative estimate of drug-likeness (QED) is 0.502. The van der Waals surface area contributed by atoms with Crippen molar-refractivity contribution in [3.05, 3.63) is 0 Å². The second-order valence-corrected chi connectivity index (χ2v) is 14.7. The molecule has 0 heterocycles. The summed E-state index contributed by atoms with van der Waals surface area (Å²) in [5, 5.41) is 14.6. The summed E-state index contributed by atoms with van der Waals surface area (Å²) in [6.07, 6.45) is 18.3. The lowest BCUT2D eigenvalue weighted by Crippen LogP contribution is -2.54. The highest BCUT2D eigenvalue weighted by Crippen LogP contribution is 2.64. The van der Waals surface area contributed by atoms with Crippen molar-refractivity contribution >= 4 is 5.78 Å². The van der Waals surface area contributed by atoms with Crippen LogP contribution >= 0.6 is 0 Å². The summed E-state index contributed by atoms with van der Waals surface area (Å²) in [5.74, 6) is 7.30. The molecule has 3 nitrogen and oxygen atoms in total. The Bertz CT molecular complexity index is 775. The second kappa shape index (κ2) is 8.86. The number of carbonyl (C=O) groups is 1. The molecule has 6 rings (SSSR count). The largest absolute Gasteiger partial charge is 0.390 e. The van der Waals surface area contributed by atoms with Gasteiger partial charge < -0.3 is 10.4 Å². The van der Waals surface area contributed by atoms with Gasteiger partial charge in [-0.15, -0.1) is 0 Å². The monoisotopic (exact) mass is 469 g/mol. The van der Waals surface area contributed by atoms with Crippen molar-refractivity contribution in [1.82, 2.24) is 5.32 Å². The number of rotatable bonds is 4. The van der Waals surface area contributed by atoms with Crippen LogP contribution in [0.4, 0.5) is 0 Å². The lowest BCUT2D eigenvalue weighted by Gasteiger charge is -2.55. The Kier molecular flexibility index (Phi) is 6.24. The molecule has 12 unspecified atom stereocenters. The minimum Gasteiger partial charge on any atom is -0.390 e. The van der Waals surface area contributed by atoms with Gasteiger partial charge in [0.15, 0.2) is 0 Å². The first-order valence-electron chi connectivity index (χ1n) is 15.2. The van der Waals surface area contributed by atoms with Gasteiger partial charge in [0.05, 0.1) is 12.1 Å². The molecule has 0 aromatic carbocycles. The van der Waals surface area contributed by atoms with E-state index >= 15 is 0 Å². The number of Topliss-reactive ketones (excluding diaryl/α,β-unsaturated/α-hetero) is 1. The van der Waals surface area contributed by atoms with Crippen LogP contribution in [0.2, 0.25) is 0 Å². The third-order valence-corrected chi connectivity index (χ3v) is 12.7. The highest BCUT2D eigenvalue weighted by molar-refractivity contribution is 5.84. The number of fused-ring (bicyclic) bond motifs is 7. The molecular weight excluding hydrogens is 418 g/mol. The third kappa shape index (κ3) is 4.04. The molecule has 192 valence electrons. The number of hydrogen-bond donors (Lipinski definition) is 2. The zero-order valence-corrected chi connectivity index (χ0v) is 22.2. The summed E-state index contributed by atoms with van der Waals surface area (Å²) >= 11 is 0. The SMILES string of the molecule is CC1CC2CC(CC(C)(O)C2)C1NCC(=O)C1CCC2C3CCC4CCCCC4C3CCC12C. The maximum Gasteiger partial charge on any atom is 0.150 e. The van der Waals surface area contributed by atoms with Crippen molar-refractivity contribution in [2.24, 2.45) is 58.7 Å². The Morgan fingerprint density at radius 1 is 0.882 bits per heavy atom. The molecule has 0 aromatic rings. The molecule has 34 heavy (non-hydrogen) atoms. The Morgan fingerprint density at radius 3 is 2.56 bits per heavy atom. The Labute approximate surface area is 208 Å². The van der Waals surface area contributed by atoms with E-state index in [9.17, 15) is 9.90 Å². The van der Waals surface area contributed by atoms with Gasteiger partial charge in [-0.1, -0.05) is 33.1 Å². The number of ketones is 1. The van der Waals surface area contributed by atoms with Gasteiger partial charge in [-0.2, -0.15) is 0 Å². The summed E-state index contributed by atoms with van der Waals surface area (Å²) in [7, 11) is 0. The van der Waals surface area contributed by atoms with Crippen LogP contribution in [0.15, 0.2) is 0 Å². The van der Waals surface area contributed by atoms with Crippen LogP contribution in [-0.4, -0.2) is 29.1 Å². The van der Waals surface area contributed by atoms with Crippen LogP contribution in [0.25, 0.3) is 0 Å². The Balaban J connectivity index is 1.10. The fourth-order valence-electron chi connectivity index (χ4n) is 11.5. The van der Waals surface area contributed by atoms with Gasteiger partial charge in [-0.05, 0) is 130 Å². The molecular formula is C31H51NO2. The highest BCUT2D eigenvalue weighted by Gasteiger charge is 2.58. The predicted molar refractivity (Wildman–Crippen MR) is 137 cm³/mol. The summed E-state index contributed by atoms with van der Waals surface area (Å²) in [5.41, 5.74) is -0.265. The topological polar surface area (TPSA) is 49.3 Å². The van der Waals surface area contributed by atoms with Crippen LogP contribution in [0.5, 0.6) is 0 Å². The average Bonchev–Trinajstić information content (AvgIpc) is 3.14. The van der Waals surface area contributed by atoms with Gasteiger partial charge in [0.25, 0.3) is 0 Å². The van der Waals surface area contributed by atoms with Crippen molar-refractivity contribution < 1.29 is 9.90 Å². The smallest absolute Gasteiger partial charge is 0.150 e. The zero-order valence-electron chi connectivity index (χ0n) is 22.2. The maximum atomic E-state index is 13.7. The van der Waals surface area contributed by atoms with Crippen LogP contribution in [0.3, 0.4) is 0 Å². The number of hydrogen-bond acceptors (Lipinski definition) is 3. The molecule has 0 aromatic heterocycles. The van der Waals surface area contributed by atoms with Crippen LogP contribution in [0.1, 0.15) is 111 Å². The van der Waals surface area contributed by atoms with Gasteiger partial charge >= 0.3 is 0 Å². The fourth-order valence-corrected chi connectivity index (χ4v) is 11.5. The second-order valence-electron chi connectivity index (χ2n) is 14.7. The van der Waals surface area contributed by atoms with E-state index in [1.165, 1.54) is 70.6 Å². The molecule has 2 bridgehead atoms. The van der Waals surface area contributed by atoms with Crippen LogP contribution < -0.4 is 5.32 Å². The molecule has 6 aliphatic carbocycles. The van der Waals surface area contributed by atoms with Crippen LogP contribution in [-0.2, 0) is 4.79 Å². The number of aliphatic hydroxyl groups is 1. The van der Waals surface area contributed by atoms with E-state index in [0.717, 1.165) is 48.9 Å². The molecule has 0 saturated heterocycles. The van der Waals surface area contributed by atoms with Crippen molar-refractivity contribution in [2.75, 3.05) is 6.54 Å². The molecule has 6 saturated carbocycles. The molecule has 2 N–H and O–H groups in total. The molecule has 0 amide bonds.